The van der Waals surface area contributed by atoms with Crippen molar-refractivity contribution in [3.63, 3.8) is 0 Å². The van der Waals surface area contributed by atoms with Crippen LogP contribution in [0.25, 0.3) is 0 Å². The Balaban J connectivity index is 2.02. The summed E-state index contributed by atoms with van der Waals surface area (Å²) in [4.78, 5) is 11.9. The molecule has 0 spiro atoms. The Morgan fingerprint density at radius 2 is 2.37 bits per heavy atom. The van der Waals surface area contributed by atoms with Crippen molar-refractivity contribution in [2.45, 2.75) is 40.0 Å². The predicted octanol–water partition coefficient (Wildman–Crippen LogP) is 3.72. The van der Waals surface area contributed by atoms with E-state index in [-0.39, 0.29) is 11.2 Å². The second-order valence-electron chi connectivity index (χ2n) is 5.95. The summed E-state index contributed by atoms with van der Waals surface area (Å²) >= 11 is 0. The zero-order valence-electron chi connectivity index (χ0n) is 11.8. The molecule has 3 nitrogen and oxygen atoms in total. The van der Waals surface area contributed by atoms with Crippen LogP contribution in [0.3, 0.4) is 0 Å². The monoisotopic (exact) mass is 259 g/mol. The smallest absolute Gasteiger partial charge is 0.161 e. The Labute approximate surface area is 114 Å². The fourth-order valence-electron chi connectivity index (χ4n) is 2.75. The lowest BCUT2D eigenvalue weighted by Gasteiger charge is -2.36. The minimum absolute atomic E-state index is 0.0723. The highest BCUT2D eigenvalue weighted by Crippen LogP contribution is 2.41. The standard InChI is InChI=1S/C16H21NO2/c1-12-5-4-9-16(2,3)15(12)7-6-14(18)11-13-8-10-19-17-13/h5-8,10,15H,4,9,11H2,1-3H3/b7-6+. The first-order chi connectivity index (χ1) is 8.99. The fraction of sp³-hybridized carbons (Fsp3) is 0.500. The first-order valence-electron chi connectivity index (χ1n) is 6.76. The highest BCUT2D eigenvalue weighted by atomic mass is 16.5. The number of carbonyl (C=O) groups excluding carboxylic acids is 1. The van der Waals surface area contributed by atoms with Gasteiger partial charge < -0.3 is 4.52 Å². The first-order valence-corrected chi connectivity index (χ1v) is 6.76. The lowest BCUT2D eigenvalue weighted by atomic mass is 9.68. The Morgan fingerprint density at radius 3 is 3.00 bits per heavy atom. The Kier molecular flexibility index (Phi) is 4.03. The molecular weight excluding hydrogens is 238 g/mol. The molecule has 0 saturated carbocycles. The van der Waals surface area contributed by atoms with Crippen LogP contribution in [0.15, 0.2) is 40.7 Å². The van der Waals surface area contributed by atoms with Gasteiger partial charge in [0.05, 0.1) is 12.1 Å². The highest BCUT2D eigenvalue weighted by Gasteiger charge is 2.30. The largest absolute Gasteiger partial charge is 0.364 e. The van der Waals surface area contributed by atoms with Crippen molar-refractivity contribution in [1.82, 2.24) is 5.16 Å². The number of aromatic nitrogens is 1. The van der Waals surface area contributed by atoms with Crippen molar-refractivity contribution in [3.8, 4) is 0 Å². The number of rotatable bonds is 4. The molecule has 0 bridgehead atoms. The summed E-state index contributed by atoms with van der Waals surface area (Å²) in [6.07, 6.45) is 10.1. The number of allylic oxidation sites excluding steroid dienone is 4. The molecule has 0 amide bonds. The Morgan fingerprint density at radius 1 is 1.58 bits per heavy atom. The summed E-state index contributed by atoms with van der Waals surface area (Å²) in [5.41, 5.74) is 2.27. The van der Waals surface area contributed by atoms with Gasteiger partial charge in [-0.3, -0.25) is 4.79 Å². The highest BCUT2D eigenvalue weighted by molar-refractivity contribution is 5.91. The zero-order chi connectivity index (χ0) is 13.9. The maximum absolute atomic E-state index is 11.9. The van der Waals surface area contributed by atoms with E-state index in [0.717, 1.165) is 12.8 Å². The Bertz CT molecular complexity index is 495. The van der Waals surface area contributed by atoms with E-state index in [2.05, 4.69) is 32.0 Å². The van der Waals surface area contributed by atoms with Gasteiger partial charge in [0.2, 0.25) is 0 Å². The maximum atomic E-state index is 11.9. The molecule has 1 aliphatic carbocycles. The molecule has 1 aliphatic rings. The molecule has 0 aromatic carbocycles. The van der Waals surface area contributed by atoms with Crippen LogP contribution < -0.4 is 0 Å². The van der Waals surface area contributed by atoms with E-state index in [0.29, 0.717) is 18.0 Å². The fourth-order valence-corrected chi connectivity index (χ4v) is 2.75. The lowest BCUT2D eigenvalue weighted by molar-refractivity contribution is -0.114. The van der Waals surface area contributed by atoms with Crippen molar-refractivity contribution in [1.29, 1.82) is 0 Å². The van der Waals surface area contributed by atoms with Crippen LogP contribution in [0.2, 0.25) is 0 Å². The van der Waals surface area contributed by atoms with E-state index in [4.69, 9.17) is 4.52 Å². The van der Waals surface area contributed by atoms with Crippen molar-refractivity contribution < 1.29 is 9.32 Å². The molecule has 0 fully saturated rings. The molecule has 19 heavy (non-hydrogen) atoms. The molecule has 1 heterocycles. The van der Waals surface area contributed by atoms with Crippen LogP contribution in [-0.4, -0.2) is 10.9 Å². The molecule has 0 aliphatic heterocycles. The molecule has 0 radical (unpaired) electrons. The van der Waals surface area contributed by atoms with Crippen LogP contribution in [0.5, 0.6) is 0 Å². The minimum atomic E-state index is 0.0723. The second-order valence-corrected chi connectivity index (χ2v) is 5.95. The van der Waals surface area contributed by atoms with Gasteiger partial charge in [0.25, 0.3) is 0 Å². The number of carbonyl (C=O) groups is 1. The van der Waals surface area contributed by atoms with Crippen LogP contribution in [0, 0.1) is 11.3 Å². The third kappa shape index (κ3) is 3.43. The van der Waals surface area contributed by atoms with Gasteiger partial charge in [-0.05, 0) is 31.3 Å². The topological polar surface area (TPSA) is 43.1 Å². The summed E-state index contributed by atoms with van der Waals surface area (Å²) in [7, 11) is 0. The van der Waals surface area contributed by atoms with Gasteiger partial charge in [0, 0.05) is 12.0 Å². The number of ketones is 1. The SMILES string of the molecule is CC1=CCCC(C)(C)C1/C=C/C(=O)Cc1ccon1. The molecule has 1 aromatic rings. The van der Waals surface area contributed by atoms with E-state index in [1.807, 2.05) is 6.08 Å². The summed E-state index contributed by atoms with van der Waals surface area (Å²) in [6, 6.07) is 1.72. The van der Waals surface area contributed by atoms with E-state index in [1.165, 1.54) is 11.8 Å². The van der Waals surface area contributed by atoms with Gasteiger partial charge in [-0.25, -0.2) is 0 Å². The normalized spacial score (nSPS) is 22.5. The first kappa shape index (κ1) is 13.8. The molecule has 0 saturated heterocycles. The molecule has 3 heteroatoms. The summed E-state index contributed by atoms with van der Waals surface area (Å²) in [6.45, 7) is 6.68. The molecular formula is C16H21NO2. The van der Waals surface area contributed by atoms with Gasteiger partial charge in [0.1, 0.15) is 6.26 Å². The molecule has 1 unspecified atom stereocenters. The van der Waals surface area contributed by atoms with Gasteiger partial charge in [-0.1, -0.05) is 36.7 Å². The average Bonchev–Trinajstić information content (AvgIpc) is 2.80. The average molecular weight is 259 g/mol. The van der Waals surface area contributed by atoms with Crippen molar-refractivity contribution in [2.75, 3.05) is 0 Å². The van der Waals surface area contributed by atoms with Crippen molar-refractivity contribution in [3.05, 3.63) is 41.8 Å². The maximum Gasteiger partial charge on any atom is 0.161 e. The third-order valence-corrected chi connectivity index (χ3v) is 3.91. The predicted molar refractivity (Wildman–Crippen MR) is 74.6 cm³/mol. The zero-order valence-corrected chi connectivity index (χ0v) is 11.8. The summed E-state index contributed by atoms with van der Waals surface area (Å²) in [5, 5.41) is 3.75. The molecule has 2 rings (SSSR count). The second kappa shape index (κ2) is 5.55. The van der Waals surface area contributed by atoms with Crippen molar-refractivity contribution in [2.24, 2.45) is 11.3 Å². The van der Waals surface area contributed by atoms with E-state index < -0.39 is 0 Å². The lowest BCUT2D eigenvalue weighted by Crippen LogP contribution is -2.26. The summed E-state index contributed by atoms with van der Waals surface area (Å²) < 4.78 is 4.72. The van der Waals surface area contributed by atoms with E-state index in [1.54, 1.807) is 12.1 Å². The minimum Gasteiger partial charge on any atom is -0.364 e. The van der Waals surface area contributed by atoms with Gasteiger partial charge >= 0.3 is 0 Å². The van der Waals surface area contributed by atoms with Crippen LogP contribution >= 0.6 is 0 Å². The van der Waals surface area contributed by atoms with Crippen LogP contribution in [0.4, 0.5) is 0 Å². The third-order valence-electron chi connectivity index (χ3n) is 3.91. The molecule has 1 atom stereocenters. The van der Waals surface area contributed by atoms with Gasteiger partial charge in [0.15, 0.2) is 5.78 Å². The molecule has 102 valence electrons. The van der Waals surface area contributed by atoms with Crippen molar-refractivity contribution >= 4 is 5.78 Å². The quantitative estimate of drug-likeness (QED) is 0.611. The number of nitrogens with zero attached hydrogens (tertiary/aromatic N) is 1. The Hall–Kier alpha value is -1.64. The summed E-state index contributed by atoms with van der Waals surface area (Å²) in [5.74, 6) is 0.422. The number of hydrogen-bond acceptors (Lipinski definition) is 3. The van der Waals surface area contributed by atoms with Gasteiger partial charge in [-0.2, -0.15) is 0 Å². The van der Waals surface area contributed by atoms with Crippen LogP contribution in [0.1, 0.15) is 39.3 Å². The van der Waals surface area contributed by atoms with E-state index in [9.17, 15) is 4.79 Å². The number of hydrogen-bond donors (Lipinski definition) is 0. The van der Waals surface area contributed by atoms with Crippen LogP contribution in [-0.2, 0) is 11.2 Å². The molecule has 1 aromatic heterocycles. The van der Waals surface area contributed by atoms with E-state index >= 15 is 0 Å². The van der Waals surface area contributed by atoms with Gasteiger partial charge in [-0.15, -0.1) is 0 Å². The molecule has 0 N–H and O–H groups in total.